The molecular weight excluding hydrogens is 312 g/mol. The minimum Gasteiger partial charge on any atom is -0.348 e. The molecule has 25 heavy (non-hydrogen) atoms. The first-order valence-corrected chi connectivity index (χ1v) is 8.90. The van der Waals surface area contributed by atoms with Crippen molar-refractivity contribution in [3.05, 3.63) is 64.6 Å². The first-order chi connectivity index (χ1) is 12.2. The van der Waals surface area contributed by atoms with Gasteiger partial charge in [-0.2, -0.15) is 5.10 Å². The topological polar surface area (TPSA) is 59.3 Å². The van der Waals surface area contributed by atoms with Crippen LogP contribution in [0.5, 0.6) is 0 Å². The molecule has 1 aromatic carbocycles. The van der Waals surface area contributed by atoms with Gasteiger partial charge in [-0.3, -0.25) is 4.79 Å². The van der Waals surface area contributed by atoms with E-state index in [1.165, 1.54) is 36.1 Å². The van der Waals surface area contributed by atoms with Crippen LogP contribution in [0.3, 0.4) is 0 Å². The van der Waals surface area contributed by atoms with Crippen LogP contribution in [0.25, 0.3) is 5.65 Å². The van der Waals surface area contributed by atoms with E-state index in [-0.39, 0.29) is 5.91 Å². The molecule has 128 valence electrons. The molecule has 5 nitrogen and oxygen atoms in total. The first kappa shape index (κ1) is 15.8. The van der Waals surface area contributed by atoms with Crippen molar-refractivity contribution in [3.63, 3.8) is 0 Å². The number of carbonyl (C=O) groups excluding carboxylic acids is 1. The number of hydrogen-bond donors (Lipinski definition) is 1. The van der Waals surface area contributed by atoms with E-state index >= 15 is 0 Å². The molecule has 2 aromatic heterocycles. The average Bonchev–Trinajstić information content (AvgIpc) is 2.90. The van der Waals surface area contributed by atoms with Crippen LogP contribution < -0.4 is 5.32 Å². The number of fused-ring (bicyclic) bond motifs is 3. The summed E-state index contributed by atoms with van der Waals surface area (Å²) in [5.41, 5.74) is 5.95. The van der Waals surface area contributed by atoms with Crippen LogP contribution in [-0.2, 0) is 19.4 Å². The molecule has 1 N–H and O–H groups in total. The maximum Gasteiger partial charge on any atom is 0.257 e. The molecule has 0 spiro atoms. The molecule has 0 aliphatic heterocycles. The van der Waals surface area contributed by atoms with E-state index < -0.39 is 0 Å². The second kappa shape index (κ2) is 6.67. The standard InChI is InChI=1S/C20H22N4O/c1-14-6-5-7-15(10-14)11-22-20(25)17-13-23-24-18-9-4-2-3-8-16(18)12-21-19(17)24/h5-7,10,12-13H,2-4,8-9,11H2,1H3,(H,22,25). The second-order valence-electron chi connectivity index (χ2n) is 6.76. The average molecular weight is 334 g/mol. The van der Waals surface area contributed by atoms with Crippen molar-refractivity contribution < 1.29 is 4.79 Å². The molecule has 3 aromatic rings. The van der Waals surface area contributed by atoms with E-state index in [1.807, 2.05) is 35.8 Å². The Bertz CT molecular complexity index is 929. The van der Waals surface area contributed by atoms with Gasteiger partial charge in [-0.05, 0) is 43.7 Å². The van der Waals surface area contributed by atoms with Crippen LogP contribution in [0, 0.1) is 6.92 Å². The van der Waals surface area contributed by atoms with E-state index in [0.717, 1.165) is 18.4 Å². The van der Waals surface area contributed by atoms with Gasteiger partial charge in [0.1, 0.15) is 5.56 Å². The molecule has 0 saturated heterocycles. The van der Waals surface area contributed by atoms with Gasteiger partial charge in [0, 0.05) is 18.4 Å². The molecule has 0 radical (unpaired) electrons. The quantitative estimate of drug-likeness (QED) is 0.748. The summed E-state index contributed by atoms with van der Waals surface area (Å²) in [5.74, 6) is -0.127. The number of aromatic nitrogens is 3. The van der Waals surface area contributed by atoms with Crippen molar-refractivity contribution in [2.45, 2.75) is 45.6 Å². The summed E-state index contributed by atoms with van der Waals surface area (Å²) in [6, 6.07) is 8.14. The summed E-state index contributed by atoms with van der Waals surface area (Å²) in [4.78, 5) is 17.1. The van der Waals surface area contributed by atoms with Gasteiger partial charge in [0.2, 0.25) is 0 Å². The van der Waals surface area contributed by atoms with E-state index in [4.69, 9.17) is 0 Å². The Morgan fingerprint density at radius 1 is 1.20 bits per heavy atom. The van der Waals surface area contributed by atoms with Crippen molar-refractivity contribution >= 4 is 11.6 Å². The smallest absolute Gasteiger partial charge is 0.257 e. The molecule has 0 atom stereocenters. The molecule has 0 fully saturated rings. The fourth-order valence-corrected chi connectivity index (χ4v) is 3.53. The molecule has 0 saturated carbocycles. The first-order valence-electron chi connectivity index (χ1n) is 8.90. The summed E-state index contributed by atoms with van der Waals surface area (Å²) in [7, 11) is 0. The Labute approximate surface area is 147 Å². The third kappa shape index (κ3) is 3.14. The molecular formula is C20H22N4O. The van der Waals surface area contributed by atoms with Crippen molar-refractivity contribution in [1.29, 1.82) is 0 Å². The number of amides is 1. The van der Waals surface area contributed by atoms with Crippen molar-refractivity contribution in [2.24, 2.45) is 0 Å². The predicted octanol–water partition coefficient (Wildman–Crippen LogP) is 3.24. The number of aryl methyl sites for hydroxylation is 3. The zero-order chi connectivity index (χ0) is 17.2. The number of hydrogen-bond acceptors (Lipinski definition) is 3. The van der Waals surface area contributed by atoms with Crippen molar-refractivity contribution in [3.8, 4) is 0 Å². The number of carbonyl (C=O) groups is 1. The molecule has 1 amide bonds. The second-order valence-corrected chi connectivity index (χ2v) is 6.76. The molecule has 4 rings (SSSR count). The Morgan fingerprint density at radius 3 is 2.96 bits per heavy atom. The third-order valence-corrected chi connectivity index (χ3v) is 4.85. The summed E-state index contributed by atoms with van der Waals surface area (Å²) >= 11 is 0. The number of benzene rings is 1. The zero-order valence-electron chi connectivity index (χ0n) is 14.5. The van der Waals surface area contributed by atoms with Crippen LogP contribution in [0.1, 0.15) is 52.0 Å². The fourth-order valence-electron chi connectivity index (χ4n) is 3.53. The van der Waals surface area contributed by atoms with E-state index in [0.29, 0.717) is 17.8 Å². The lowest BCUT2D eigenvalue weighted by atomic mass is 10.1. The maximum atomic E-state index is 12.6. The van der Waals surface area contributed by atoms with Gasteiger partial charge >= 0.3 is 0 Å². The molecule has 5 heteroatoms. The summed E-state index contributed by atoms with van der Waals surface area (Å²) in [6.45, 7) is 2.55. The van der Waals surface area contributed by atoms with Crippen LogP contribution >= 0.6 is 0 Å². The highest BCUT2D eigenvalue weighted by molar-refractivity contribution is 5.99. The van der Waals surface area contributed by atoms with Gasteiger partial charge in [0.25, 0.3) is 5.91 Å². The number of rotatable bonds is 3. The van der Waals surface area contributed by atoms with Crippen molar-refractivity contribution in [2.75, 3.05) is 0 Å². The van der Waals surface area contributed by atoms with Crippen LogP contribution in [0.2, 0.25) is 0 Å². The summed E-state index contributed by atoms with van der Waals surface area (Å²) < 4.78 is 1.86. The summed E-state index contributed by atoms with van der Waals surface area (Å²) in [5, 5.41) is 7.44. The van der Waals surface area contributed by atoms with Gasteiger partial charge in [0.15, 0.2) is 5.65 Å². The Kier molecular flexibility index (Phi) is 4.22. The van der Waals surface area contributed by atoms with Gasteiger partial charge in [-0.1, -0.05) is 36.2 Å². The minimum absolute atomic E-state index is 0.127. The van der Waals surface area contributed by atoms with Gasteiger partial charge in [-0.15, -0.1) is 0 Å². The molecule has 1 aliphatic rings. The van der Waals surface area contributed by atoms with Crippen LogP contribution in [-0.4, -0.2) is 20.5 Å². The van der Waals surface area contributed by atoms with E-state index in [1.54, 1.807) is 6.20 Å². The van der Waals surface area contributed by atoms with Gasteiger partial charge < -0.3 is 5.32 Å². The lowest BCUT2D eigenvalue weighted by Crippen LogP contribution is -2.23. The third-order valence-electron chi connectivity index (χ3n) is 4.85. The van der Waals surface area contributed by atoms with E-state index in [2.05, 4.69) is 21.5 Å². The highest BCUT2D eigenvalue weighted by Gasteiger charge is 2.18. The predicted molar refractivity (Wildman–Crippen MR) is 96.6 cm³/mol. The van der Waals surface area contributed by atoms with Crippen molar-refractivity contribution in [1.82, 2.24) is 19.9 Å². The van der Waals surface area contributed by atoms with Crippen LogP contribution in [0.15, 0.2) is 36.7 Å². The van der Waals surface area contributed by atoms with Crippen LogP contribution in [0.4, 0.5) is 0 Å². The fraction of sp³-hybridized carbons (Fsp3) is 0.350. The Balaban J connectivity index is 1.59. The minimum atomic E-state index is -0.127. The van der Waals surface area contributed by atoms with E-state index in [9.17, 15) is 4.79 Å². The zero-order valence-corrected chi connectivity index (χ0v) is 14.5. The lowest BCUT2D eigenvalue weighted by molar-refractivity contribution is 0.0952. The Hall–Kier alpha value is -2.69. The highest BCUT2D eigenvalue weighted by Crippen LogP contribution is 2.21. The normalized spacial score (nSPS) is 14.1. The largest absolute Gasteiger partial charge is 0.348 e. The number of nitrogens with one attached hydrogen (secondary N) is 1. The van der Waals surface area contributed by atoms with Gasteiger partial charge in [-0.25, -0.2) is 9.50 Å². The maximum absolute atomic E-state index is 12.6. The summed E-state index contributed by atoms with van der Waals surface area (Å²) in [6.07, 6.45) is 9.22. The SMILES string of the molecule is Cc1cccc(CNC(=O)c2cnn3c4c(cnc23)CCCCC4)c1. The molecule has 0 bridgehead atoms. The lowest BCUT2D eigenvalue weighted by Gasteiger charge is -2.08. The Morgan fingerprint density at radius 2 is 2.08 bits per heavy atom. The number of nitrogens with zero attached hydrogens (tertiary/aromatic N) is 3. The van der Waals surface area contributed by atoms with Gasteiger partial charge in [0.05, 0.1) is 6.20 Å². The monoisotopic (exact) mass is 334 g/mol. The molecule has 1 aliphatic carbocycles. The molecule has 0 unspecified atom stereocenters. The highest BCUT2D eigenvalue weighted by atomic mass is 16.1. The molecule has 2 heterocycles.